The average Bonchev–Trinajstić information content (AvgIpc) is 2.97. The highest BCUT2D eigenvalue weighted by Crippen LogP contribution is 2.25. The zero-order valence-electron chi connectivity index (χ0n) is 12.7. The summed E-state index contributed by atoms with van der Waals surface area (Å²) in [7, 11) is 0. The van der Waals surface area contributed by atoms with Gasteiger partial charge < -0.3 is 5.32 Å². The molecule has 1 N–H and O–H groups in total. The summed E-state index contributed by atoms with van der Waals surface area (Å²) in [5, 5.41) is 4.91. The lowest BCUT2D eigenvalue weighted by molar-refractivity contribution is -0.121. The summed E-state index contributed by atoms with van der Waals surface area (Å²) >= 11 is 1.78. The molecule has 0 saturated carbocycles. The lowest BCUT2D eigenvalue weighted by Gasteiger charge is -2.31. The standard InChI is InChI=1S/C17H19FN2OS/c1-11-3-4-14(9-15(11)18)19-17(21)12(2)20-7-5-16-13(10-20)6-8-22-16/h3-4,6,8-9,12H,5,7,10H2,1-2H3,(H,19,21)/t12-/m0/s1. The normalized spacial score (nSPS) is 16.1. The molecule has 3 rings (SSSR count). The molecule has 2 aromatic rings. The molecule has 0 unspecified atom stereocenters. The fourth-order valence-corrected chi connectivity index (χ4v) is 3.57. The van der Waals surface area contributed by atoms with Gasteiger partial charge >= 0.3 is 0 Å². The van der Waals surface area contributed by atoms with Gasteiger partial charge in [0.1, 0.15) is 5.82 Å². The van der Waals surface area contributed by atoms with Gasteiger partial charge in [-0.05, 0) is 55.0 Å². The van der Waals surface area contributed by atoms with Gasteiger partial charge in [0.2, 0.25) is 5.91 Å². The Hall–Kier alpha value is -1.72. The van der Waals surface area contributed by atoms with Gasteiger partial charge in [0.05, 0.1) is 6.04 Å². The molecular weight excluding hydrogens is 299 g/mol. The largest absolute Gasteiger partial charge is 0.325 e. The van der Waals surface area contributed by atoms with Gasteiger partial charge in [0, 0.05) is 23.7 Å². The molecule has 1 aliphatic rings. The molecule has 0 aliphatic carbocycles. The molecule has 1 aromatic carbocycles. The number of rotatable bonds is 3. The molecule has 2 heterocycles. The van der Waals surface area contributed by atoms with E-state index in [0.717, 1.165) is 19.5 Å². The van der Waals surface area contributed by atoms with Gasteiger partial charge in [-0.25, -0.2) is 4.39 Å². The van der Waals surface area contributed by atoms with Crippen LogP contribution in [-0.4, -0.2) is 23.4 Å². The van der Waals surface area contributed by atoms with Crippen molar-refractivity contribution in [2.45, 2.75) is 32.9 Å². The second kappa shape index (κ2) is 6.18. The molecule has 1 aromatic heterocycles. The van der Waals surface area contributed by atoms with Crippen LogP contribution in [0.25, 0.3) is 0 Å². The Labute approximate surface area is 133 Å². The molecular formula is C17H19FN2OS. The summed E-state index contributed by atoms with van der Waals surface area (Å²) < 4.78 is 13.6. The van der Waals surface area contributed by atoms with Crippen LogP contribution in [0, 0.1) is 12.7 Å². The number of aryl methyl sites for hydroxylation is 1. The first-order chi connectivity index (χ1) is 10.5. The predicted molar refractivity (Wildman–Crippen MR) is 87.7 cm³/mol. The summed E-state index contributed by atoms with van der Waals surface area (Å²) in [5.41, 5.74) is 2.40. The Kier molecular flexibility index (Phi) is 4.27. The third kappa shape index (κ3) is 3.05. The number of amides is 1. The van der Waals surface area contributed by atoms with Crippen LogP contribution in [-0.2, 0) is 17.8 Å². The third-order valence-corrected chi connectivity index (χ3v) is 5.23. The average molecular weight is 318 g/mol. The van der Waals surface area contributed by atoms with Gasteiger partial charge in [0.15, 0.2) is 0 Å². The molecule has 116 valence electrons. The first-order valence-electron chi connectivity index (χ1n) is 7.41. The molecule has 5 heteroatoms. The van der Waals surface area contributed by atoms with Crippen molar-refractivity contribution in [2.24, 2.45) is 0 Å². The number of carbonyl (C=O) groups is 1. The number of nitrogens with one attached hydrogen (secondary N) is 1. The smallest absolute Gasteiger partial charge is 0.241 e. The lowest BCUT2D eigenvalue weighted by atomic mass is 10.1. The maximum Gasteiger partial charge on any atom is 0.241 e. The summed E-state index contributed by atoms with van der Waals surface area (Å²) in [6, 6.07) is 6.67. The van der Waals surface area contributed by atoms with Gasteiger partial charge in [0.25, 0.3) is 0 Å². The van der Waals surface area contributed by atoms with Gasteiger partial charge in [-0.15, -0.1) is 11.3 Å². The molecule has 0 spiro atoms. The van der Waals surface area contributed by atoms with Crippen LogP contribution in [0.1, 0.15) is 22.9 Å². The summed E-state index contributed by atoms with van der Waals surface area (Å²) in [4.78, 5) is 16.0. The predicted octanol–water partition coefficient (Wildman–Crippen LogP) is 3.58. The number of halogens is 1. The van der Waals surface area contributed by atoms with E-state index in [9.17, 15) is 9.18 Å². The van der Waals surface area contributed by atoms with E-state index in [2.05, 4.69) is 21.7 Å². The molecule has 3 nitrogen and oxygen atoms in total. The number of fused-ring (bicyclic) bond motifs is 1. The maximum atomic E-state index is 13.6. The monoisotopic (exact) mass is 318 g/mol. The zero-order valence-corrected chi connectivity index (χ0v) is 13.5. The molecule has 22 heavy (non-hydrogen) atoms. The lowest BCUT2D eigenvalue weighted by Crippen LogP contribution is -2.44. The molecule has 1 atom stereocenters. The summed E-state index contributed by atoms with van der Waals surface area (Å²) in [6.45, 7) is 5.28. The topological polar surface area (TPSA) is 32.3 Å². The maximum absolute atomic E-state index is 13.6. The van der Waals surface area contributed by atoms with Crippen LogP contribution in [0.2, 0.25) is 0 Å². The number of carbonyl (C=O) groups excluding carboxylic acids is 1. The van der Waals surface area contributed by atoms with Crippen LogP contribution >= 0.6 is 11.3 Å². The number of benzene rings is 1. The van der Waals surface area contributed by atoms with Crippen molar-refractivity contribution in [3.63, 3.8) is 0 Å². The highest BCUT2D eigenvalue weighted by atomic mass is 32.1. The third-order valence-electron chi connectivity index (χ3n) is 4.20. The second-order valence-corrected chi connectivity index (χ2v) is 6.72. The van der Waals surface area contributed by atoms with Crippen molar-refractivity contribution >= 4 is 22.9 Å². The van der Waals surface area contributed by atoms with Crippen LogP contribution in [0.4, 0.5) is 10.1 Å². The van der Waals surface area contributed by atoms with Crippen molar-refractivity contribution in [2.75, 3.05) is 11.9 Å². The molecule has 0 saturated heterocycles. The molecule has 1 aliphatic heterocycles. The molecule has 0 fully saturated rings. The van der Waals surface area contributed by atoms with Gasteiger partial charge in [-0.2, -0.15) is 0 Å². The second-order valence-electron chi connectivity index (χ2n) is 5.72. The number of hydrogen-bond donors (Lipinski definition) is 1. The number of hydrogen-bond acceptors (Lipinski definition) is 3. The van der Waals surface area contributed by atoms with E-state index in [-0.39, 0.29) is 17.8 Å². The number of nitrogens with zero attached hydrogens (tertiary/aromatic N) is 1. The van der Waals surface area contributed by atoms with Crippen molar-refractivity contribution in [3.05, 3.63) is 51.5 Å². The Balaban J connectivity index is 1.66. The Morgan fingerprint density at radius 2 is 2.23 bits per heavy atom. The Morgan fingerprint density at radius 1 is 1.41 bits per heavy atom. The zero-order chi connectivity index (χ0) is 15.7. The minimum absolute atomic E-state index is 0.0954. The quantitative estimate of drug-likeness (QED) is 0.938. The fraction of sp³-hybridized carbons (Fsp3) is 0.353. The Morgan fingerprint density at radius 3 is 3.00 bits per heavy atom. The van der Waals surface area contributed by atoms with E-state index in [1.165, 1.54) is 16.5 Å². The van der Waals surface area contributed by atoms with E-state index in [0.29, 0.717) is 11.3 Å². The van der Waals surface area contributed by atoms with E-state index in [1.807, 2.05) is 6.92 Å². The summed E-state index contributed by atoms with van der Waals surface area (Å²) in [5.74, 6) is -0.395. The first kappa shape index (κ1) is 15.2. The van der Waals surface area contributed by atoms with Gasteiger partial charge in [-0.3, -0.25) is 9.69 Å². The Bertz CT molecular complexity index is 698. The first-order valence-corrected chi connectivity index (χ1v) is 8.29. The van der Waals surface area contributed by atoms with Crippen molar-refractivity contribution < 1.29 is 9.18 Å². The van der Waals surface area contributed by atoms with Crippen molar-refractivity contribution in [1.82, 2.24) is 4.90 Å². The highest BCUT2D eigenvalue weighted by Gasteiger charge is 2.25. The number of thiophene rings is 1. The van der Waals surface area contributed by atoms with Crippen molar-refractivity contribution in [1.29, 1.82) is 0 Å². The molecule has 0 radical (unpaired) electrons. The van der Waals surface area contributed by atoms with E-state index in [4.69, 9.17) is 0 Å². The van der Waals surface area contributed by atoms with Crippen LogP contribution in [0.3, 0.4) is 0 Å². The highest BCUT2D eigenvalue weighted by molar-refractivity contribution is 7.10. The SMILES string of the molecule is Cc1ccc(NC(=O)[C@H](C)N2CCc3sccc3C2)cc1F. The fourth-order valence-electron chi connectivity index (χ4n) is 2.68. The molecule has 1 amide bonds. The van der Waals surface area contributed by atoms with Crippen LogP contribution in [0.5, 0.6) is 0 Å². The molecule has 0 bridgehead atoms. The minimum atomic E-state index is -0.300. The van der Waals surface area contributed by atoms with E-state index < -0.39 is 0 Å². The number of anilines is 1. The van der Waals surface area contributed by atoms with Crippen LogP contribution < -0.4 is 5.32 Å². The van der Waals surface area contributed by atoms with Gasteiger partial charge in [-0.1, -0.05) is 6.07 Å². The van der Waals surface area contributed by atoms with Crippen LogP contribution in [0.15, 0.2) is 29.6 Å². The minimum Gasteiger partial charge on any atom is -0.325 e. The van der Waals surface area contributed by atoms with E-state index in [1.54, 1.807) is 30.4 Å². The van der Waals surface area contributed by atoms with E-state index >= 15 is 0 Å². The van der Waals surface area contributed by atoms with Crippen molar-refractivity contribution in [3.8, 4) is 0 Å². The summed E-state index contributed by atoms with van der Waals surface area (Å²) in [6.07, 6.45) is 0.990.